The summed E-state index contributed by atoms with van der Waals surface area (Å²) in [6, 6.07) is 15.3. The third-order valence-electron chi connectivity index (χ3n) is 7.62. The molecule has 0 saturated carbocycles. The van der Waals surface area contributed by atoms with Crippen molar-refractivity contribution in [3.05, 3.63) is 69.7 Å². The van der Waals surface area contributed by atoms with Gasteiger partial charge in [0, 0.05) is 54.1 Å². The predicted molar refractivity (Wildman–Crippen MR) is 177 cm³/mol. The van der Waals surface area contributed by atoms with Crippen molar-refractivity contribution in [3.63, 3.8) is 0 Å². The Morgan fingerprint density at radius 2 is 1.81 bits per heavy atom. The molecule has 1 heterocycles. The van der Waals surface area contributed by atoms with E-state index >= 15 is 0 Å². The quantitative estimate of drug-likeness (QED) is 0.146. The van der Waals surface area contributed by atoms with Gasteiger partial charge in [0.05, 0.1) is 5.55 Å². The minimum atomic E-state index is -0.167. The second-order valence-corrected chi connectivity index (χ2v) is 13.1. The van der Waals surface area contributed by atoms with Crippen LogP contribution in [0.4, 0.5) is 0 Å². The van der Waals surface area contributed by atoms with E-state index in [1.54, 1.807) is 12.1 Å². The van der Waals surface area contributed by atoms with Gasteiger partial charge in [-0.3, -0.25) is 14.6 Å². The van der Waals surface area contributed by atoms with Crippen LogP contribution >= 0.6 is 35.0 Å². The average Bonchev–Trinajstić information content (AvgIpc) is 2.95. The summed E-state index contributed by atoms with van der Waals surface area (Å²) in [7, 11) is 0. The summed E-state index contributed by atoms with van der Waals surface area (Å²) < 4.78 is 0. The lowest BCUT2D eigenvalue weighted by molar-refractivity contribution is -0.150. The zero-order valence-corrected chi connectivity index (χ0v) is 27.1. The molecule has 3 N–H and O–H groups in total. The molecule has 10 heteroatoms. The molecular formula is C32H43Cl2N5O2S. The van der Waals surface area contributed by atoms with Crippen LogP contribution in [0.25, 0.3) is 0 Å². The van der Waals surface area contributed by atoms with Crippen molar-refractivity contribution in [2.24, 2.45) is 22.6 Å². The van der Waals surface area contributed by atoms with E-state index in [2.05, 4.69) is 31.0 Å². The van der Waals surface area contributed by atoms with Crippen LogP contribution in [-0.4, -0.2) is 64.0 Å². The van der Waals surface area contributed by atoms with Crippen LogP contribution < -0.4 is 5.73 Å². The van der Waals surface area contributed by atoms with Gasteiger partial charge in [-0.2, -0.15) is 0 Å². The molecule has 1 aliphatic heterocycles. The van der Waals surface area contributed by atoms with Gasteiger partial charge in [-0.25, -0.2) is 0 Å². The van der Waals surface area contributed by atoms with Gasteiger partial charge in [0.2, 0.25) is 11.8 Å². The average molecular weight is 633 g/mol. The van der Waals surface area contributed by atoms with Crippen molar-refractivity contribution < 1.29 is 9.59 Å². The van der Waals surface area contributed by atoms with Gasteiger partial charge in [0.25, 0.3) is 0 Å². The molecule has 0 aromatic heterocycles. The molecule has 0 bridgehead atoms. The summed E-state index contributed by atoms with van der Waals surface area (Å²) >= 11 is 13.5. The molecule has 0 radical (unpaired) electrons. The molecule has 1 saturated heterocycles. The van der Waals surface area contributed by atoms with Gasteiger partial charge in [-0.1, -0.05) is 80.4 Å². The summed E-state index contributed by atoms with van der Waals surface area (Å²) in [4.78, 5) is 36.0. The van der Waals surface area contributed by atoms with Gasteiger partial charge < -0.3 is 20.9 Å². The van der Waals surface area contributed by atoms with E-state index in [1.807, 2.05) is 41.0 Å². The minimum absolute atomic E-state index is 0.0484. The van der Waals surface area contributed by atoms with Gasteiger partial charge in [0.15, 0.2) is 5.17 Å². The number of carbonyl (C=O) groups excluding carboxylic acids is 2. The molecule has 2 aromatic rings. The van der Waals surface area contributed by atoms with Crippen LogP contribution in [0.1, 0.15) is 57.6 Å². The Morgan fingerprint density at radius 3 is 2.48 bits per heavy atom. The van der Waals surface area contributed by atoms with Gasteiger partial charge in [0.1, 0.15) is 0 Å². The predicted octanol–water partition coefficient (Wildman–Crippen LogP) is 6.69. The molecule has 7 nitrogen and oxygen atoms in total. The lowest BCUT2D eigenvalue weighted by atomic mass is 9.92. The van der Waals surface area contributed by atoms with Gasteiger partial charge in [-0.15, -0.1) is 0 Å². The highest BCUT2D eigenvalue weighted by Crippen LogP contribution is 2.28. The maximum atomic E-state index is 13.9. The van der Waals surface area contributed by atoms with E-state index in [9.17, 15) is 9.59 Å². The second kappa shape index (κ2) is 16.9. The minimum Gasteiger partial charge on any atom is -0.378 e. The molecule has 2 unspecified atom stereocenters. The molecule has 2 amide bonds. The maximum absolute atomic E-state index is 13.9. The normalized spacial score (nSPS) is 18.3. The van der Waals surface area contributed by atoms with Gasteiger partial charge >= 0.3 is 0 Å². The van der Waals surface area contributed by atoms with Crippen molar-refractivity contribution in [2.45, 2.75) is 71.4 Å². The Bertz CT molecular complexity index is 1230. The fourth-order valence-corrected chi connectivity index (χ4v) is 6.37. The molecule has 0 aliphatic carbocycles. The first-order valence-electron chi connectivity index (χ1n) is 14.6. The largest absolute Gasteiger partial charge is 0.378 e. The summed E-state index contributed by atoms with van der Waals surface area (Å²) in [5.41, 5.74) is 9.03. The Balaban J connectivity index is 1.79. The Morgan fingerprint density at radius 1 is 1.10 bits per heavy atom. The van der Waals surface area contributed by atoms with E-state index in [0.29, 0.717) is 72.9 Å². The number of halogens is 2. The van der Waals surface area contributed by atoms with Crippen LogP contribution in [0.15, 0.2) is 53.5 Å². The van der Waals surface area contributed by atoms with E-state index in [4.69, 9.17) is 34.3 Å². The Labute approximate surface area is 264 Å². The first kappa shape index (κ1) is 33.9. The smallest absolute Gasteiger partial charge is 0.226 e. The summed E-state index contributed by atoms with van der Waals surface area (Å²) in [5.74, 6) is 0.407. The van der Waals surface area contributed by atoms with E-state index in [-0.39, 0.29) is 29.8 Å². The fraction of sp³-hybridized carbons (Fsp3) is 0.500. The number of carbonyl (C=O) groups is 2. The van der Waals surface area contributed by atoms with Crippen LogP contribution in [-0.2, 0) is 22.4 Å². The van der Waals surface area contributed by atoms with E-state index in [0.717, 1.165) is 34.9 Å². The fourth-order valence-electron chi connectivity index (χ4n) is 5.58. The zero-order chi connectivity index (χ0) is 30.6. The van der Waals surface area contributed by atoms with Crippen LogP contribution in [0.5, 0.6) is 0 Å². The SMILES string of the molecule is CC(C)C[C@@H]1CN(C(=O)CCc2ccc(Cl)cc2Cl)C(CCCN=C(N)SC=N)CN1C(=O)C(C)Cc1ccccc1. The Kier molecular flexibility index (Phi) is 13.7. The number of rotatable bonds is 13. The zero-order valence-electron chi connectivity index (χ0n) is 24.8. The molecule has 1 fully saturated rings. The molecule has 1 aliphatic rings. The monoisotopic (exact) mass is 631 g/mol. The van der Waals surface area contributed by atoms with E-state index in [1.165, 1.54) is 0 Å². The third-order valence-corrected chi connectivity index (χ3v) is 8.69. The number of nitrogens with one attached hydrogen (secondary N) is 1. The molecule has 42 heavy (non-hydrogen) atoms. The number of piperazine rings is 1. The highest BCUT2D eigenvalue weighted by molar-refractivity contribution is 8.24. The van der Waals surface area contributed by atoms with Crippen LogP contribution in [0.2, 0.25) is 10.0 Å². The standard InChI is InChI=1S/C32H43Cl2N5O2S/c1-22(2)16-28-20-38(30(40)14-12-25-11-13-26(33)18-29(25)34)27(10-7-15-37-32(36)42-21-35)19-39(28)31(41)23(3)17-24-8-5-4-6-9-24/h4-6,8-9,11,13,18,21-23,27-28,35H,7,10,12,14-17,19-20H2,1-3H3,(H2,36,37)/t23?,27?,28-/m1/s1. The maximum Gasteiger partial charge on any atom is 0.226 e. The van der Waals surface area contributed by atoms with Crippen molar-refractivity contribution in [2.75, 3.05) is 19.6 Å². The molecular weight excluding hydrogens is 589 g/mol. The van der Waals surface area contributed by atoms with Crippen molar-refractivity contribution in [1.29, 1.82) is 5.41 Å². The third kappa shape index (κ3) is 10.3. The second-order valence-electron chi connectivity index (χ2n) is 11.4. The number of hydrogen-bond donors (Lipinski definition) is 2. The number of aliphatic imine (C=N–C) groups is 1. The molecule has 0 spiro atoms. The first-order chi connectivity index (χ1) is 20.1. The molecule has 2 aromatic carbocycles. The van der Waals surface area contributed by atoms with Crippen molar-refractivity contribution >= 4 is 57.5 Å². The summed E-state index contributed by atoms with van der Waals surface area (Å²) in [6.07, 6.45) is 3.76. The number of hydrogen-bond acceptors (Lipinski definition) is 5. The topological polar surface area (TPSA) is 103 Å². The van der Waals surface area contributed by atoms with Crippen molar-refractivity contribution in [1.82, 2.24) is 9.80 Å². The number of amides is 2. The first-order valence-corrected chi connectivity index (χ1v) is 16.3. The number of nitrogens with two attached hydrogens (primary N) is 1. The lowest BCUT2D eigenvalue weighted by Gasteiger charge is -2.48. The molecule has 228 valence electrons. The van der Waals surface area contributed by atoms with Gasteiger partial charge in [-0.05, 0) is 73.0 Å². The summed E-state index contributed by atoms with van der Waals surface area (Å²) in [5, 5.41) is 8.67. The number of benzene rings is 2. The van der Waals surface area contributed by atoms with E-state index < -0.39 is 0 Å². The van der Waals surface area contributed by atoms with Crippen LogP contribution in [0.3, 0.4) is 0 Å². The Hall–Kier alpha value is -2.55. The number of aryl methyl sites for hydroxylation is 1. The summed E-state index contributed by atoms with van der Waals surface area (Å²) in [6.45, 7) is 7.82. The highest BCUT2D eigenvalue weighted by atomic mass is 35.5. The van der Waals surface area contributed by atoms with Crippen LogP contribution in [0, 0.1) is 17.2 Å². The molecule has 3 rings (SSSR count). The number of amidine groups is 1. The number of thioether (sulfide) groups is 1. The lowest BCUT2D eigenvalue weighted by Crippen LogP contribution is -2.62. The molecule has 3 atom stereocenters. The number of nitrogens with zero attached hydrogens (tertiary/aromatic N) is 3. The van der Waals surface area contributed by atoms with Crippen molar-refractivity contribution in [3.8, 4) is 0 Å². The highest BCUT2D eigenvalue weighted by Gasteiger charge is 2.39.